The summed E-state index contributed by atoms with van der Waals surface area (Å²) in [6.45, 7) is 2.05. The minimum absolute atomic E-state index is 0.0806. The molecule has 8 nitrogen and oxygen atoms in total. The average molecular weight is 381 g/mol. The lowest BCUT2D eigenvalue weighted by atomic mass is 9.93. The van der Waals surface area contributed by atoms with Crippen molar-refractivity contribution in [1.82, 2.24) is 20.2 Å². The Kier molecular flexibility index (Phi) is 6.21. The van der Waals surface area contributed by atoms with Crippen LogP contribution in [0.4, 0.5) is 5.69 Å². The van der Waals surface area contributed by atoms with Crippen LogP contribution < -0.4 is 14.8 Å². The van der Waals surface area contributed by atoms with Crippen LogP contribution in [0.2, 0.25) is 0 Å². The molecule has 0 aliphatic heterocycles. The quantitative estimate of drug-likeness (QED) is 0.644. The molecular weight excluding hydrogens is 358 g/mol. The van der Waals surface area contributed by atoms with E-state index in [1.54, 1.807) is 14.2 Å². The molecule has 3 aromatic rings. The summed E-state index contributed by atoms with van der Waals surface area (Å²) in [5.41, 5.74) is 2.33. The third-order valence-corrected chi connectivity index (χ3v) is 4.43. The summed E-state index contributed by atoms with van der Waals surface area (Å²) in [4.78, 5) is 13.0. The first-order chi connectivity index (χ1) is 13.7. The van der Waals surface area contributed by atoms with Gasteiger partial charge in [0.05, 0.1) is 25.8 Å². The minimum atomic E-state index is -0.304. The van der Waals surface area contributed by atoms with Gasteiger partial charge in [0.15, 0.2) is 11.5 Å². The summed E-state index contributed by atoms with van der Waals surface area (Å²) in [6.07, 6.45) is 3.09. The molecule has 0 fully saturated rings. The molecule has 0 aliphatic rings. The number of carbonyl (C=O) groups is 1. The number of hydrogen-bond donors (Lipinski definition) is 1. The Hall–Kier alpha value is -3.42. The second kappa shape index (κ2) is 8.98. The van der Waals surface area contributed by atoms with Crippen molar-refractivity contribution in [3.05, 3.63) is 54.4 Å². The van der Waals surface area contributed by atoms with Gasteiger partial charge in [0, 0.05) is 5.69 Å². The van der Waals surface area contributed by atoms with Crippen LogP contribution in [0.15, 0.2) is 48.8 Å². The number of aromatic nitrogens is 4. The second-order valence-electron chi connectivity index (χ2n) is 6.25. The molecule has 1 heterocycles. The van der Waals surface area contributed by atoms with Crippen LogP contribution in [-0.4, -0.2) is 40.3 Å². The van der Waals surface area contributed by atoms with E-state index in [4.69, 9.17) is 9.47 Å². The maximum Gasteiger partial charge on any atom is 0.231 e. The molecule has 1 unspecified atom stereocenters. The Morgan fingerprint density at radius 3 is 2.64 bits per heavy atom. The highest BCUT2D eigenvalue weighted by molar-refractivity contribution is 5.96. The van der Waals surface area contributed by atoms with Crippen LogP contribution in [0, 0.1) is 0 Å². The van der Waals surface area contributed by atoms with Crippen LogP contribution in [0.1, 0.15) is 31.2 Å². The number of carbonyl (C=O) groups excluding carboxylic acids is 1. The number of nitrogens with zero attached hydrogens (tertiary/aromatic N) is 4. The van der Waals surface area contributed by atoms with E-state index in [0.29, 0.717) is 23.6 Å². The fourth-order valence-electron chi connectivity index (χ4n) is 3.04. The Morgan fingerprint density at radius 1 is 1.14 bits per heavy atom. The molecule has 8 heteroatoms. The highest BCUT2D eigenvalue weighted by atomic mass is 16.5. The molecule has 0 radical (unpaired) electrons. The number of methoxy groups -OCH3 is 2. The summed E-state index contributed by atoms with van der Waals surface area (Å²) in [5, 5.41) is 14.1. The Bertz CT molecular complexity index is 927. The first kappa shape index (κ1) is 19.3. The van der Waals surface area contributed by atoms with Crippen molar-refractivity contribution < 1.29 is 14.3 Å². The first-order valence-electron chi connectivity index (χ1n) is 9.02. The summed E-state index contributed by atoms with van der Waals surface area (Å²) in [5.74, 6) is 0.857. The smallest absolute Gasteiger partial charge is 0.231 e. The van der Waals surface area contributed by atoms with Gasteiger partial charge < -0.3 is 14.8 Å². The van der Waals surface area contributed by atoms with E-state index in [0.717, 1.165) is 17.7 Å². The lowest BCUT2D eigenvalue weighted by Crippen LogP contribution is -2.21. The van der Waals surface area contributed by atoms with E-state index in [-0.39, 0.29) is 11.8 Å². The Balaban J connectivity index is 1.83. The van der Waals surface area contributed by atoms with Gasteiger partial charge in [-0.05, 0) is 52.7 Å². The van der Waals surface area contributed by atoms with Crippen LogP contribution in [0.5, 0.6) is 11.5 Å². The maximum atomic E-state index is 13.0. The lowest BCUT2D eigenvalue weighted by molar-refractivity contribution is -0.117. The number of amides is 1. The standard InChI is InChI=1S/C20H23N5O3/c1-4-6-17(14-9-10-18(27-2)19(11-14)28-3)20(26)22-15-7-5-8-16(12-15)25-13-21-23-24-25/h5,7-13,17H,4,6H2,1-3H3,(H,22,26). The average Bonchev–Trinajstić information content (AvgIpc) is 3.26. The number of nitrogens with one attached hydrogen (secondary N) is 1. The molecule has 0 spiro atoms. The molecule has 28 heavy (non-hydrogen) atoms. The SMILES string of the molecule is CCCC(C(=O)Nc1cccc(-n2cnnn2)c1)c1ccc(OC)c(OC)c1. The van der Waals surface area contributed by atoms with Gasteiger partial charge in [0.1, 0.15) is 6.33 Å². The first-order valence-corrected chi connectivity index (χ1v) is 9.02. The van der Waals surface area contributed by atoms with Crippen LogP contribution in [-0.2, 0) is 4.79 Å². The zero-order valence-corrected chi connectivity index (χ0v) is 16.1. The Morgan fingerprint density at radius 2 is 1.96 bits per heavy atom. The fourth-order valence-corrected chi connectivity index (χ4v) is 3.04. The molecule has 0 saturated heterocycles. The van der Waals surface area contributed by atoms with E-state index in [1.807, 2.05) is 42.5 Å². The highest BCUT2D eigenvalue weighted by Gasteiger charge is 2.21. The number of anilines is 1. The molecule has 1 aromatic heterocycles. The van der Waals surface area contributed by atoms with Gasteiger partial charge in [-0.2, -0.15) is 0 Å². The zero-order valence-electron chi connectivity index (χ0n) is 16.1. The summed E-state index contributed by atoms with van der Waals surface area (Å²) >= 11 is 0. The summed E-state index contributed by atoms with van der Waals surface area (Å²) < 4.78 is 12.2. The number of benzene rings is 2. The molecular formula is C20H23N5O3. The number of hydrogen-bond acceptors (Lipinski definition) is 6. The molecule has 0 aliphatic carbocycles. The van der Waals surface area contributed by atoms with Gasteiger partial charge >= 0.3 is 0 Å². The molecule has 1 atom stereocenters. The normalized spacial score (nSPS) is 11.7. The molecule has 3 rings (SSSR count). The van der Waals surface area contributed by atoms with E-state index in [1.165, 1.54) is 11.0 Å². The van der Waals surface area contributed by atoms with Gasteiger partial charge in [-0.15, -0.1) is 5.10 Å². The zero-order chi connectivity index (χ0) is 19.9. The van der Waals surface area contributed by atoms with Crippen molar-refractivity contribution in [3.63, 3.8) is 0 Å². The topological polar surface area (TPSA) is 91.2 Å². The minimum Gasteiger partial charge on any atom is -0.493 e. The van der Waals surface area contributed by atoms with Gasteiger partial charge in [0.2, 0.25) is 5.91 Å². The van der Waals surface area contributed by atoms with E-state index >= 15 is 0 Å². The van der Waals surface area contributed by atoms with Crippen molar-refractivity contribution in [2.75, 3.05) is 19.5 Å². The molecule has 1 amide bonds. The van der Waals surface area contributed by atoms with Gasteiger partial charge in [-0.3, -0.25) is 4.79 Å². The molecule has 146 valence electrons. The fraction of sp³-hybridized carbons (Fsp3) is 0.300. The van der Waals surface area contributed by atoms with E-state index in [2.05, 4.69) is 27.8 Å². The van der Waals surface area contributed by atoms with Crippen LogP contribution in [0.25, 0.3) is 5.69 Å². The third-order valence-electron chi connectivity index (χ3n) is 4.43. The van der Waals surface area contributed by atoms with Crippen molar-refractivity contribution in [2.24, 2.45) is 0 Å². The summed E-state index contributed by atoms with van der Waals surface area (Å²) in [6, 6.07) is 13.0. The van der Waals surface area contributed by atoms with E-state index < -0.39 is 0 Å². The predicted molar refractivity (Wildman–Crippen MR) is 105 cm³/mol. The Labute approximate surface area is 163 Å². The molecule has 1 N–H and O–H groups in total. The van der Waals surface area contributed by atoms with Crippen LogP contribution in [0.3, 0.4) is 0 Å². The number of ether oxygens (including phenoxy) is 2. The van der Waals surface area contributed by atoms with E-state index in [9.17, 15) is 4.79 Å². The van der Waals surface area contributed by atoms with Gasteiger partial charge in [-0.25, -0.2) is 4.68 Å². The largest absolute Gasteiger partial charge is 0.493 e. The molecule has 0 saturated carbocycles. The second-order valence-corrected chi connectivity index (χ2v) is 6.25. The third kappa shape index (κ3) is 4.28. The summed E-state index contributed by atoms with van der Waals surface area (Å²) in [7, 11) is 3.17. The highest BCUT2D eigenvalue weighted by Crippen LogP contribution is 2.33. The van der Waals surface area contributed by atoms with Crippen molar-refractivity contribution in [1.29, 1.82) is 0 Å². The van der Waals surface area contributed by atoms with Crippen molar-refractivity contribution in [3.8, 4) is 17.2 Å². The van der Waals surface area contributed by atoms with Crippen molar-refractivity contribution in [2.45, 2.75) is 25.7 Å². The maximum absolute atomic E-state index is 13.0. The lowest BCUT2D eigenvalue weighted by Gasteiger charge is -2.18. The number of tetrazole rings is 1. The monoisotopic (exact) mass is 381 g/mol. The molecule has 0 bridgehead atoms. The predicted octanol–water partition coefficient (Wildman–Crippen LogP) is 3.20. The van der Waals surface area contributed by atoms with Crippen LogP contribution >= 0.6 is 0 Å². The van der Waals surface area contributed by atoms with Crippen molar-refractivity contribution >= 4 is 11.6 Å². The van der Waals surface area contributed by atoms with Gasteiger partial charge in [-0.1, -0.05) is 25.5 Å². The number of rotatable bonds is 8. The van der Waals surface area contributed by atoms with Gasteiger partial charge in [0.25, 0.3) is 0 Å². The molecule has 2 aromatic carbocycles.